The predicted octanol–water partition coefficient (Wildman–Crippen LogP) is 3.27. The maximum Gasteiger partial charge on any atom is 0.276 e. The Balaban J connectivity index is 1.87. The number of halogens is 1. The first-order valence-corrected chi connectivity index (χ1v) is 10.3. The van der Waals surface area contributed by atoms with Gasteiger partial charge in [-0.25, -0.2) is 8.42 Å². The number of benzene rings is 1. The van der Waals surface area contributed by atoms with E-state index in [9.17, 15) is 13.2 Å². The van der Waals surface area contributed by atoms with Gasteiger partial charge in [-0.05, 0) is 36.6 Å². The molecule has 0 unspecified atom stereocenters. The Kier molecular flexibility index (Phi) is 4.88. The Labute approximate surface area is 152 Å². The number of carbonyl (C=O) groups excluding carboxylic acids is 1. The van der Waals surface area contributed by atoms with E-state index in [-0.39, 0.29) is 35.1 Å². The van der Waals surface area contributed by atoms with E-state index < -0.39 is 9.84 Å². The molecule has 25 heavy (non-hydrogen) atoms. The summed E-state index contributed by atoms with van der Waals surface area (Å²) in [6, 6.07) is 8.39. The standard InChI is InChI=1S/C17H20ClN3O3S/c1-11(2)16-9-15(17(22)19-13-5-3-4-12(18)8-13)20-21(16)14-6-7-25(23,24)10-14/h3-5,8-9,11,14H,6-7,10H2,1-2H3,(H,19,22)/t14-/m0/s1. The molecule has 8 heteroatoms. The van der Waals surface area contributed by atoms with Crippen molar-refractivity contribution < 1.29 is 13.2 Å². The molecule has 0 saturated carbocycles. The van der Waals surface area contributed by atoms with Crippen LogP contribution in [0.3, 0.4) is 0 Å². The fraction of sp³-hybridized carbons (Fsp3) is 0.412. The van der Waals surface area contributed by atoms with E-state index in [1.165, 1.54) is 0 Å². The summed E-state index contributed by atoms with van der Waals surface area (Å²) in [5, 5.41) is 7.70. The van der Waals surface area contributed by atoms with E-state index in [0.717, 1.165) is 5.69 Å². The molecule has 3 rings (SSSR count). The average molecular weight is 382 g/mol. The molecule has 1 aromatic carbocycles. The molecule has 6 nitrogen and oxygen atoms in total. The zero-order valence-electron chi connectivity index (χ0n) is 14.1. The smallest absolute Gasteiger partial charge is 0.276 e. The Morgan fingerprint density at radius 1 is 1.36 bits per heavy atom. The lowest BCUT2D eigenvalue weighted by molar-refractivity contribution is 0.102. The molecule has 1 N–H and O–H groups in total. The Hall–Kier alpha value is -1.86. The minimum absolute atomic E-state index is 0.0732. The highest BCUT2D eigenvalue weighted by molar-refractivity contribution is 7.91. The molecule has 1 fully saturated rings. The average Bonchev–Trinajstić information content (AvgIpc) is 3.10. The first-order valence-electron chi connectivity index (χ1n) is 8.12. The van der Waals surface area contributed by atoms with Crippen LogP contribution in [0, 0.1) is 0 Å². The molecule has 1 saturated heterocycles. The van der Waals surface area contributed by atoms with E-state index in [0.29, 0.717) is 17.1 Å². The molecule has 134 valence electrons. The maximum atomic E-state index is 12.5. The van der Waals surface area contributed by atoms with Gasteiger partial charge in [0.2, 0.25) is 0 Å². The number of hydrogen-bond donors (Lipinski definition) is 1. The van der Waals surface area contributed by atoms with Crippen LogP contribution in [0.2, 0.25) is 5.02 Å². The van der Waals surface area contributed by atoms with Gasteiger partial charge in [0.25, 0.3) is 5.91 Å². The van der Waals surface area contributed by atoms with E-state index in [1.54, 1.807) is 35.0 Å². The minimum Gasteiger partial charge on any atom is -0.321 e. The van der Waals surface area contributed by atoms with Gasteiger partial charge in [-0.15, -0.1) is 0 Å². The number of rotatable bonds is 4. The van der Waals surface area contributed by atoms with Gasteiger partial charge in [0.15, 0.2) is 15.5 Å². The van der Waals surface area contributed by atoms with Gasteiger partial charge in [0.05, 0.1) is 17.5 Å². The first-order chi connectivity index (χ1) is 11.7. The molecule has 0 aliphatic carbocycles. The summed E-state index contributed by atoms with van der Waals surface area (Å²) in [6.45, 7) is 3.99. The summed E-state index contributed by atoms with van der Waals surface area (Å²) in [5.74, 6) is 0.0235. The number of aromatic nitrogens is 2. The van der Waals surface area contributed by atoms with Crippen molar-refractivity contribution in [1.29, 1.82) is 0 Å². The zero-order chi connectivity index (χ0) is 18.2. The topological polar surface area (TPSA) is 81.1 Å². The summed E-state index contributed by atoms with van der Waals surface area (Å²) < 4.78 is 25.3. The van der Waals surface area contributed by atoms with Gasteiger partial charge >= 0.3 is 0 Å². The summed E-state index contributed by atoms with van der Waals surface area (Å²) in [5.41, 5.74) is 1.72. The van der Waals surface area contributed by atoms with E-state index in [2.05, 4.69) is 10.4 Å². The van der Waals surface area contributed by atoms with Gasteiger partial charge in [-0.2, -0.15) is 5.10 Å². The van der Waals surface area contributed by atoms with Gasteiger partial charge < -0.3 is 5.32 Å². The Morgan fingerprint density at radius 3 is 2.72 bits per heavy atom. The van der Waals surface area contributed by atoms with Crippen LogP contribution >= 0.6 is 11.6 Å². The second-order valence-corrected chi connectivity index (χ2v) is 9.24. The number of sulfone groups is 1. The highest BCUT2D eigenvalue weighted by Gasteiger charge is 2.32. The van der Waals surface area contributed by atoms with Crippen molar-refractivity contribution in [3.63, 3.8) is 0 Å². The van der Waals surface area contributed by atoms with Crippen LogP contribution < -0.4 is 5.32 Å². The third-order valence-electron chi connectivity index (χ3n) is 4.23. The molecule has 1 aromatic heterocycles. The second kappa shape index (κ2) is 6.80. The molecule has 1 amide bonds. The zero-order valence-corrected chi connectivity index (χ0v) is 15.6. The van der Waals surface area contributed by atoms with Gasteiger partial charge in [-0.1, -0.05) is 31.5 Å². The SMILES string of the molecule is CC(C)c1cc(C(=O)Nc2cccc(Cl)c2)nn1[C@H]1CCS(=O)(=O)C1. The fourth-order valence-corrected chi connectivity index (χ4v) is 4.86. The monoisotopic (exact) mass is 381 g/mol. The van der Waals surface area contributed by atoms with Gasteiger partial charge in [0.1, 0.15) is 0 Å². The Morgan fingerprint density at radius 2 is 2.12 bits per heavy atom. The van der Waals surface area contributed by atoms with E-state index in [4.69, 9.17) is 11.6 Å². The highest BCUT2D eigenvalue weighted by atomic mass is 35.5. The van der Waals surface area contributed by atoms with Crippen LogP contribution in [0.1, 0.15) is 48.4 Å². The number of anilines is 1. The molecule has 1 aliphatic heterocycles. The largest absolute Gasteiger partial charge is 0.321 e. The van der Waals surface area contributed by atoms with Crippen molar-refractivity contribution in [1.82, 2.24) is 9.78 Å². The first kappa shape index (κ1) is 17.9. The third-order valence-corrected chi connectivity index (χ3v) is 6.21. The Bertz CT molecular complexity index is 906. The van der Waals surface area contributed by atoms with Crippen LogP contribution in [0.5, 0.6) is 0 Å². The van der Waals surface area contributed by atoms with Crippen LogP contribution in [-0.4, -0.2) is 35.6 Å². The predicted molar refractivity (Wildman–Crippen MR) is 98.0 cm³/mol. The molecule has 0 bridgehead atoms. The maximum absolute atomic E-state index is 12.5. The van der Waals surface area contributed by atoms with Crippen molar-refractivity contribution >= 4 is 33.0 Å². The molecular formula is C17H20ClN3O3S. The van der Waals surface area contributed by atoms with E-state index >= 15 is 0 Å². The van der Waals surface area contributed by atoms with Gasteiger partial charge in [-0.3, -0.25) is 9.48 Å². The van der Waals surface area contributed by atoms with Crippen molar-refractivity contribution in [2.24, 2.45) is 0 Å². The number of carbonyl (C=O) groups is 1. The van der Waals surface area contributed by atoms with Crippen LogP contribution in [0.15, 0.2) is 30.3 Å². The molecule has 2 heterocycles. The summed E-state index contributed by atoms with van der Waals surface area (Å²) in [6.07, 6.45) is 0.527. The summed E-state index contributed by atoms with van der Waals surface area (Å²) >= 11 is 5.93. The lowest BCUT2D eigenvalue weighted by Crippen LogP contribution is -2.17. The van der Waals surface area contributed by atoms with Crippen LogP contribution in [-0.2, 0) is 9.84 Å². The third kappa shape index (κ3) is 4.04. The molecule has 1 aliphatic rings. The number of amides is 1. The van der Waals surface area contributed by atoms with Crippen LogP contribution in [0.25, 0.3) is 0 Å². The lowest BCUT2D eigenvalue weighted by Gasteiger charge is -2.15. The molecule has 2 aromatic rings. The normalized spacial score (nSPS) is 19.3. The highest BCUT2D eigenvalue weighted by Crippen LogP contribution is 2.28. The minimum atomic E-state index is -3.03. The van der Waals surface area contributed by atoms with E-state index in [1.807, 2.05) is 13.8 Å². The molecule has 0 spiro atoms. The summed E-state index contributed by atoms with van der Waals surface area (Å²) in [4.78, 5) is 12.5. The van der Waals surface area contributed by atoms with Crippen molar-refractivity contribution in [3.05, 3.63) is 46.7 Å². The second-order valence-electron chi connectivity index (χ2n) is 6.58. The lowest BCUT2D eigenvalue weighted by atomic mass is 10.1. The van der Waals surface area contributed by atoms with Crippen molar-refractivity contribution in [2.75, 3.05) is 16.8 Å². The van der Waals surface area contributed by atoms with Crippen molar-refractivity contribution in [3.8, 4) is 0 Å². The fourth-order valence-electron chi connectivity index (χ4n) is 2.97. The molecule has 1 atom stereocenters. The number of nitrogens with zero attached hydrogens (tertiary/aromatic N) is 2. The van der Waals surface area contributed by atoms with Crippen LogP contribution in [0.4, 0.5) is 5.69 Å². The molecular weight excluding hydrogens is 362 g/mol. The number of nitrogens with one attached hydrogen (secondary N) is 1. The summed E-state index contributed by atoms with van der Waals surface area (Å²) in [7, 11) is -3.03. The number of hydrogen-bond acceptors (Lipinski definition) is 4. The quantitative estimate of drug-likeness (QED) is 0.881. The van der Waals surface area contributed by atoms with Gasteiger partial charge in [0, 0.05) is 16.4 Å². The molecule has 0 radical (unpaired) electrons. The van der Waals surface area contributed by atoms with Crippen molar-refractivity contribution in [2.45, 2.75) is 32.2 Å².